The number of aromatic hydroxyl groups is 1. The van der Waals surface area contributed by atoms with E-state index in [-0.39, 0.29) is 11.5 Å². The van der Waals surface area contributed by atoms with Gasteiger partial charge in [-0.25, -0.2) is 8.42 Å². The average Bonchev–Trinajstić information content (AvgIpc) is 2.23. The molecule has 6 nitrogen and oxygen atoms in total. The fourth-order valence-corrected chi connectivity index (χ4v) is 1.97. The van der Waals surface area contributed by atoms with Gasteiger partial charge < -0.3 is 18.9 Å². The Morgan fingerprint density at radius 1 is 1.32 bits per heavy atom. The molecular formula is C12H19NO5S. The van der Waals surface area contributed by atoms with Gasteiger partial charge in [-0.15, -0.1) is 0 Å². The molecule has 0 saturated carbocycles. The van der Waals surface area contributed by atoms with E-state index < -0.39 is 15.0 Å². The number of rotatable bonds is 6. The molecule has 0 spiro atoms. The second-order valence-electron chi connectivity index (χ2n) is 5.30. The molecular weight excluding hydrogens is 270 g/mol. The summed E-state index contributed by atoms with van der Waals surface area (Å²) in [6, 6.07) is 3.24. The van der Waals surface area contributed by atoms with Gasteiger partial charge in [0.25, 0.3) is 0 Å². The van der Waals surface area contributed by atoms with E-state index in [2.05, 4.69) is 0 Å². The molecule has 0 saturated heterocycles. The third kappa shape index (κ3) is 5.46. The zero-order chi connectivity index (χ0) is 14.7. The molecule has 0 bridgehead atoms. The van der Waals surface area contributed by atoms with Crippen LogP contribution in [0.3, 0.4) is 0 Å². The van der Waals surface area contributed by atoms with E-state index in [0.29, 0.717) is 6.61 Å². The number of quaternary nitrogens is 1. The van der Waals surface area contributed by atoms with Crippen LogP contribution >= 0.6 is 0 Å². The van der Waals surface area contributed by atoms with E-state index in [1.165, 1.54) is 0 Å². The molecule has 0 aliphatic rings. The molecule has 0 atom stereocenters. The molecule has 0 heterocycles. The molecule has 0 aromatic heterocycles. The smallest absolute Gasteiger partial charge is 0.162 e. The predicted octanol–water partition coefficient (Wildman–Crippen LogP) is 0.771. The molecule has 0 aliphatic carbocycles. The van der Waals surface area contributed by atoms with Crippen molar-refractivity contribution in [1.29, 1.82) is 0 Å². The number of ether oxygens (including phenoxy) is 1. The first-order chi connectivity index (χ1) is 8.59. The first-order valence-corrected chi connectivity index (χ1v) is 7.22. The molecule has 1 N–H and O–H groups in total. The van der Waals surface area contributed by atoms with Crippen LogP contribution in [0.5, 0.6) is 11.5 Å². The van der Waals surface area contributed by atoms with E-state index in [0.717, 1.165) is 35.6 Å². The van der Waals surface area contributed by atoms with Gasteiger partial charge >= 0.3 is 0 Å². The topological polar surface area (TPSA) is 86.7 Å². The lowest BCUT2D eigenvalue weighted by Gasteiger charge is -2.23. The number of phenols is 1. The third-order valence-corrected chi connectivity index (χ3v) is 3.28. The van der Waals surface area contributed by atoms with Gasteiger partial charge in [0.1, 0.15) is 10.1 Å². The minimum absolute atomic E-state index is 0.0123. The largest absolute Gasteiger partial charge is 0.744 e. The van der Waals surface area contributed by atoms with Crippen molar-refractivity contribution in [3.63, 3.8) is 0 Å². The Morgan fingerprint density at radius 3 is 2.47 bits per heavy atom. The summed E-state index contributed by atoms with van der Waals surface area (Å²) in [6.07, 6.45) is 0.747. The van der Waals surface area contributed by atoms with E-state index in [1.54, 1.807) is 0 Å². The molecule has 1 rings (SSSR count). The van der Waals surface area contributed by atoms with Gasteiger partial charge in [0.15, 0.2) is 11.5 Å². The third-order valence-electron chi connectivity index (χ3n) is 2.45. The lowest BCUT2D eigenvalue weighted by Crippen LogP contribution is -2.35. The van der Waals surface area contributed by atoms with Crippen LogP contribution in [0.25, 0.3) is 0 Å². The van der Waals surface area contributed by atoms with Gasteiger partial charge in [0.05, 0.1) is 39.2 Å². The van der Waals surface area contributed by atoms with Crippen LogP contribution in [0.2, 0.25) is 0 Å². The van der Waals surface area contributed by atoms with Gasteiger partial charge in [-0.05, 0) is 12.1 Å². The van der Waals surface area contributed by atoms with E-state index >= 15 is 0 Å². The molecule has 0 aliphatic heterocycles. The molecule has 19 heavy (non-hydrogen) atoms. The Kier molecular flexibility index (Phi) is 4.78. The monoisotopic (exact) mass is 289 g/mol. The molecule has 0 amide bonds. The van der Waals surface area contributed by atoms with E-state index in [1.807, 2.05) is 21.1 Å². The van der Waals surface area contributed by atoms with Crippen molar-refractivity contribution in [2.24, 2.45) is 0 Å². The number of benzene rings is 1. The highest BCUT2D eigenvalue weighted by Gasteiger charge is 2.10. The maximum Gasteiger partial charge on any atom is 0.162 e. The summed E-state index contributed by atoms with van der Waals surface area (Å²) in [5.41, 5.74) is 0. The number of hydrogen-bond donors (Lipinski definition) is 1. The maximum atomic E-state index is 10.9. The molecule has 1 aromatic rings. The molecule has 7 heteroatoms. The lowest BCUT2D eigenvalue weighted by atomic mass is 10.3. The Balaban J connectivity index is 2.68. The van der Waals surface area contributed by atoms with Gasteiger partial charge in [0.2, 0.25) is 0 Å². The Hall–Kier alpha value is -1.31. The van der Waals surface area contributed by atoms with Crippen molar-refractivity contribution < 1.29 is 27.3 Å². The Bertz CT molecular complexity index is 534. The fourth-order valence-electron chi connectivity index (χ4n) is 1.49. The minimum atomic E-state index is -4.54. The summed E-state index contributed by atoms with van der Waals surface area (Å²) in [4.78, 5) is -0.410. The molecule has 0 unspecified atom stereocenters. The lowest BCUT2D eigenvalue weighted by molar-refractivity contribution is -0.870. The van der Waals surface area contributed by atoms with Gasteiger partial charge in [-0.3, -0.25) is 0 Å². The summed E-state index contributed by atoms with van der Waals surface area (Å²) in [7, 11) is 1.59. The first kappa shape index (κ1) is 15.7. The van der Waals surface area contributed by atoms with Crippen molar-refractivity contribution in [1.82, 2.24) is 0 Å². The van der Waals surface area contributed by atoms with Crippen molar-refractivity contribution in [2.75, 3.05) is 34.3 Å². The van der Waals surface area contributed by atoms with Crippen LogP contribution < -0.4 is 4.74 Å². The zero-order valence-corrected chi connectivity index (χ0v) is 12.1. The summed E-state index contributed by atoms with van der Waals surface area (Å²) in [5, 5.41) is 9.53. The van der Waals surface area contributed by atoms with Crippen LogP contribution in [0.15, 0.2) is 23.1 Å². The Morgan fingerprint density at radius 2 is 1.95 bits per heavy atom. The highest BCUT2D eigenvalue weighted by molar-refractivity contribution is 7.85. The first-order valence-electron chi connectivity index (χ1n) is 5.82. The fraction of sp³-hybridized carbons (Fsp3) is 0.500. The van der Waals surface area contributed by atoms with Crippen LogP contribution in [0.1, 0.15) is 6.42 Å². The van der Waals surface area contributed by atoms with E-state index in [9.17, 15) is 18.1 Å². The van der Waals surface area contributed by atoms with Crippen molar-refractivity contribution >= 4 is 10.1 Å². The standard InChI is InChI=1S/C12H19NO5S/c1-13(2,3)7-4-8-18-12-9-10(19(15,16)17)5-6-11(12)14/h5-6,9H,4,7-8H2,1-3H3,(H-,14,15,16,17). The van der Waals surface area contributed by atoms with Gasteiger partial charge in [-0.2, -0.15) is 0 Å². The molecule has 0 radical (unpaired) electrons. The van der Waals surface area contributed by atoms with Crippen LogP contribution in [-0.4, -0.2) is 56.9 Å². The number of nitrogens with zero attached hydrogens (tertiary/aromatic N) is 1. The second kappa shape index (κ2) is 5.77. The normalized spacial score (nSPS) is 12.4. The summed E-state index contributed by atoms with van der Waals surface area (Å²) < 4.78 is 38.7. The minimum Gasteiger partial charge on any atom is -0.744 e. The van der Waals surface area contributed by atoms with Crippen LogP contribution in [-0.2, 0) is 10.1 Å². The SMILES string of the molecule is C[N+](C)(C)CCCOc1cc(S(=O)(=O)[O-])ccc1O. The number of hydrogen-bond acceptors (Lipinski definition) is 5. The Labute approximate surface area is 113 Å². The highest BCUT2D eigenvalue weighted by Crippen LogP contribution is 2.28. The predicted molar refractivity (Wildman–Crippen MR) is 69.1 cm³/mol. The quantitative estimate of drug-likeness (QED) is 0.475. The van der Waals surface area contributed by atoms with Crippen molar-refractivity contribution in [3.05, 3.63) is 18.2 Å². The summed E-state index contributed by atoms with van der Waals surface area (Å²) >= 11 is 0. The van der Waals surface area contributed by atoms with E-state index in [4.69, 9.17) is 4.74 Å². The zero-order valence-electron chi connectivity index (χ0n) is 11.3. The van der Waals surface area contributed by atoms with Gasteiger partial charge in [0, 0.05) is 12.5 Å². The van der Waals surface area contributed by atoms with Crippen molar-refractivity contribution in [3.8, 4) is 11.5 Å². The molecule has 1 aromatic carbocycles. The summed E-state index contributed by atoms with van der Waals surface area (Å²) in [5.74, 6) is -0.170. The average molecular weight is 289 g/mol. The van der Waals surface area contributed by atoms with Crippen LogP contribution in [0.4, 0.5) is 0 Å². The molecule has 108 valence electrons. The second-order valence-corrected chi connectivity index (χ2v) is 6.68. The molecule has 0 fully saturated rings. The van der Waals surface area contributed by atoms with Crippen LogP contribution in [0, 0.1) is 0 Å². The van der Waals surface area contributed by atoms with Crippen molar-refractivity contribution in [2.45, 2.75) is 11.3 Å². The highest BCUT2D eigenvalue weighted by atomic mass is 32.2. The summed E-state index contributed by atoms with van der Waals surface area (Å²) in [6.45, 7) is 1.21. The van der Waals surface area contributed by atoms with Gasteiger partial charge in [-0.1, -0.05) is 0 Å². The maximum absolute atomic E-state index is 10.9. The number of phenolic OH excluding ortho intramolecular Hbond substituents is 1.